The van der Waals surface area contributed by atoms with Crippen LogP contribution in [0.3, 0.4) is 0 Å². The van der Waals surface area contributed by atoms with E-state index in [4.69, 9.17) is 22.9 Å². The zero-order valence-corrected chi connectivity index (χ0v) is 18.8. The van der Waals surface area contributed by atoms with Crippen LogP contribution in [0.25, 0.3) is 0 Å². The molecule has 186 valence electrons. The first-order chi connectivity index (χ1) is 15.3. The van der Waals surface area contributed by atoms with Crippen molar-refractivity contribution in [3.8, 4) is 0 Å². The third kappa shape index (κ3) is 13.9. The van der Waals surface area contributed by atoms with Gasteiger partial charge in [0.25, 0.3) is 0 Å². The summed E-state index contributed by atoms with van der Waals surface area (Å²) in [4.78, 5) is 48.3. The molecule has 3 atom stereocenters. The van der Waals surface area contributed by atoms with Crippen LogP contribution in [0.2, 0.25) is 0 Å². The summed E-state index contributed by atoms with van der Waals surface area (Å²) in [6, 6.07) is -2.70. The summed E-state index contributed by atoms with van der Waals surface area (Å²) in [5.74, 6) is -2.79. The number of hydrogen-bond acceptors (Lipinski definition) is 8. The first-order valence-electron chi connectivity index (χ1n) is 11.2. The average molecular weight is 460 g/mol. The summed E-state index contributed by atoms with van der Waals surface area (Å²) in [5.41, 5.74) is 22.2. The summed E-state index contributed by atoms with van der Waals surface area (Å²) in [6.45, 7) is 0.982. The highest BCUT2D eigenvalue weighted by Gasteiger charge is 2.24. The van der Waals surface area contributed by atoms with E-state index < -0.39 is 48.4 Å². The highest BCUT2D eigenvalue weighted by atomic mass is 16.4. The number of rotatable bonds is 19. The fraction of sp³-hybridized carbons (Fsp3) is 0.800. The second-order valence-electron chi connectivity index (χ2n) is 7.70. The Hall–Kier alpha value is -2.28. The van der Waals surface area contributed by atoms with Gasteiger partial charge < -0.3 is 44.0 Å². The number of carboxylic acid groups (broad SMARTS) is 1. The number of hydrogen-bond donors (Lipinski definition) is 8. The molecular weight excluding hydrogens is 418 g/mol. The highest BCUT2D eigenvalue weighted by Crippen LogP contribution is 2.04. The van der Waals surface area contributed by atoms with Crippen molar-refractivity contribution in [3.05, 3.63) is 0 Å². The van der Waals surface area contributed by atoms with Crippen molar-refractivity contribution in [2.75, 3.05) is 26.2 Å². The molecule has 12 nitrogen and oxygen atoms in total. The Bertz CT molecular complexity index is 577. The van der Waals surface area contributed by atoms with E-state index in [1.807, 2.05) is 0 Å². The predicted octanol–water partition coefficient (Wildman–Crippen LogP) is -2.13. The van der Waals surface area contributed by atoms with Crippen molar-refractivity contribution < 1.29 is 24.3 Å². The summed E-state index contributed by atoms with van der Waals surface area (Å²) >= 11 is 0. The summed E-state index contributed by atoms with van der Waals surface area (Å²) < 4.78 is 0. The lowest BCUT2D eigenvalue weighted by atomic mass is 10.1. The minimum atomic E-state index is -1.16. The molecule has 0 fully saturated rings. The van der Waals surface area contributed by atoms with Gasteiger partial charge in [0.1, 0.15) is 12.1 Å². The van der Waals surface area contributed by atoms with Crippen molar-refractivity contribution >= 4 is 23.7 Å². The van der Waals surface area contributed by atoms with Gasteiger partial charge in [0.2, 0.25) is 17.7 Å². The number of amides is 3. The molecule has 12 heteroatoms. The number of carbonyl (C=O) groups is 4. The largest absolute Gasteiger partial charge is 0.480 e. The van der Waals surface area contributed by atoms with Crippen LogP contribution in [0, 0.1) is 0 Å². The molecule has 0 aromatic heterocycles. The minimum absolute atomic E-state index is 0.242. The van der Waals surface area contributed by atoms with Crippen LogP contribution in [-0.4, -0.2) is 73.1 Å². The lowest BCUT2D eigenvalue weighted by Crippen LogP contribution is -2.53. The van der Waals surface area contributed by atoms with Crippen LogP contribution < -0.4 is 38.9 Å². The molecule has 32 heavy (non-hydrogen) atoms. The predicted molar refractivity (Wildman–Crippen MR) is 121 cm³/mol. The molecule has 0 aliphatic carbocycles. The summed E-state index contributed by atoms with van der Waals surface area (Å²) in [6.07, 6.45) is 4.96. The number of aliphatic carboxylic acids is 1. The van der Waals surface area contributed by atoms with Gasteiger partial charge in [0.05, 0.1) is 12.6 Å². The Morgan fingerprint density at radius 2 is 1.19 bits per heavy atom. The lowest BCUT2D eigenvalue weighted by molar-refractivity contribution is -0.142. The van der Waals surface area contributed by atoms with E-state index in [2.05, 4.69) is 16.0 Å². The summed E-state index contributed by atoms with van der Waals surface area (Å²) in [7, 11) is 0. The Balaban J connectivity index is 4.75. The Morgan fingerprint density at radius 3 is 1.69 bits per heavy atom. The van der Waals surface area contributed by atoms with E-state index in [1.54, 1.807) is 0 Å². The summed E-state index contributed by atoms with van der Waals surface area (Å²) in [5, 5.41) is 16.7. The van der Waals surface area contributed by atoms with Crippen LogP contribution in [0.4, 0.5) is 0 Å². The van der Waals surface area contributed by atoms with Gasteiger partial charge in [-0.1, -0.05) is 6.42 Å². The second-order valence-corrected chi connectivity index (χ2v) is 7.70. The molecule has 0 aliphatic rings. The molecule has 0 aliphatic heterocycles. The average Bonchev–Trinajstić information content (AvgIpc) is 2.76. The van der Waals surface area contributed by atoms with E-state index in [1.165, 1.54) is 0 Å². The first-order valence-corrected chi connectivity index (χ1v) is 11.2. The van der Waals surface area contributed by atoms with Crippen molar-refractivity contribution in [1.82, 2.24) is 16.0 Å². The maximum absolute atomic E-state index is 12.6. The standard InChI is InChI=1S/C20H41N7O5/c21-10-4-1-7-14(24)18(29)27-15(8-2-5-11-22)19(30)25-13-17(28)26-16(20(31)32)9-3-6-12-23/h14-16H,1-13,21-24H2,(H,25,30)(H,26,28)(H,27,29)(H,31,32). The lowest BCUT2D eigenvalue weighted by Gasteiger charge is -2.21. The van der Waals surface area contributed by atoms with Crippen molar-refractivity contribution in [2.24, 2.45) is 22.9 Å². The molecule has 0 rings (SSSR count). The molecule has 0 bridgehead atoms. The monoisotopic (exact) mass is 459 g/mol. The topological polar surface area (TPSA) is 229 Å². The van der Waals surface area contributed by atoms with Crippen LogP contribution >= 0.6 is 0 Å². The third-order valence-electron chi connectivity index (χ3n) is 4.89. The number of unbranched alkanes of at least 4 members (excludes halogenated alkanes) is 3. The van der Waals surface area contributed by atoms with Gasteiger partial charge in [0.15, 0.2) is 0 Å². The maximum atomic E-state index is 12.6. The molecule has 3 amide bonds. The molecule has 0 heterocycles. The van der Waals surface area contributed by atoms with E-state index in [0.717, 1.165) is 6.42 Å². The Labute approximate surface area is 189 Å². The molecular formula is C20H41N7O5. The second kappa shape index (κ2) is 18.3. The van der Waals surface area contributed by atoms with Gasteiger partial charge in [-0.3, -0.25) is 14.4 Å². The fourth-order valence-electron chi connectivity index (χ4n) is 2.97. The molecule has 0 spiro atoms. The van der Waals surface area contributed by atoms with Gasteiger partial charge in [-0.05, 0) is 71.0 Å². The molecule has 0 aromatic rings. The van der Waals surface area contributed by atoms with Gasteiger partial charge in [-0.15, -0.1) is 0 Å². The highest BCUT2D eigenvalue weighted by molar-refractivity contribution is 5.92. The zero-order valence-electron chi connectivity index (χ0n) is 18.8. The van der Waals surface area contributed by atoms with Gasteiger partial charge >= 0.3 is 5.97 Å². The Morgan fingerprint density at radius 1 is 0.688 bits per heavy atom. The maximum Gasteiger partial charge on any atom is 0.326 e. The number of carbonyl (C=O) groups excluding carboxylic acids is 3. The first kappa shape index (κ1) is 29.7. The quantitative estimate of drug-likeness (QED) is 0.0984. The molecule has 0 saturated heterocycles. The third-order valence-corrected chi connectivity index (χ3v) is 4.89. The van der Waals surface area contributed by atoms with Crippen LogP contribution in [-0.2, 0) is 19.2 Å². The van der Waals surface area contributed by atoms with Crippen LogP contribution in [0.15, 0.2) is 0 Å². The number of nitrogens with two attached hydrogens (primary N) is 4. The number of carboxylic acids is 1. The van der Waals surface area contributed by atoms with Crippen molar-refractivity contribution in [1.29, 1.82) is 0 Å². The zero-order chi connectivity index (χ0) is 24.4. The minimum Gasteiger partial charge on any atom is -0.480 e. The smallest absolute Gasteiger partial charge is 0.326 e. The molecule has 3 unspecified atom stereocenters. The molecule has 12 N–H and O–H groups in total. The van der Waals surface area contributed by atoms with Crippen LogP contribution in [0.1, 0.15) is 57.8 Å². The van der Waals surface area contributed by atoms with E-state index in [0.29, 0.717) is 64.6 Å². The van der Waals surface area contributed by atoms with Crippen molar-refractivity contribution in [2.45, 2.75) is 75.9 Å². The SMILES string of the molecule is NCCCCC(N)C(=O)NC(CCCCN)C(=O)NCC(=O)NC(CCCCN)C(=O)O. The number of nitrogens with one attached hydrogen (secondary N) is 3. The Kier molecular flexibility index (Phi) is 17.0. The van der Waals surface area contributed by atoms with Crippen LogP contribution in [0.5, 0.6) is 0 Å². The normalized spacial score (nSPS) is 13.6. The van der Waals surface area contributed by atoms with Crippen molar-refractivity contribution in [3.63, 3.8) is 0 Å². The molecule has 0 radical (unpaired) electrons. The van der Waals surface area contributed by atoms with E-state index >= 15 is 0 Å². The van der Waals surface area contributed by atoms with Gasteiger partial charge in [-0.25, -0.2) is 4.79 Å². The van der Waals surface area contributed by atoms with E-state index in [-0.39, 0.29) is 6.42 Å². The van der Waals surface area contributed by atoms with E-state index in [9.17, 15) is 24.3 Å². The molecule has 0 saturated carbocycles. The van der Waals surface area contributed by atoms with Gasteiger partial charge in [-0.2, -0.15) is 0 Å². The molecule has 0 aromatic carbocycles. The fourth-order valence-corrected chi connectivity index (χ4v) is 2.97. The van der Waals surface area contributed by atoms with Gasteiger partial charge in [0, 0.05) is 0 Å².